The summed E-state index contributed by atoms with van der Waals surface area (Å²) in [6, 6.07) is 14.0. The average Bonchev–Trinajstić information content (AvgIpc) is 3.46. The quantitative estimate of drug-likeness (QED) is 0.237. The van der Waals surface area contributed by atoms with E-state index in [1.807, 2.05) is 11.4 Å². The lowest BCUT2D eigenvalue weighted by atomic mass is 10.1. The number of thioether (sulfide) groups is 1. The molecule has 4 aromatic rings. The van der Waals surface area contributed by atoms with Gasteiger partial charge in [0.2, 0.25) is 11.8 Å². The molecule has 3 amide bonds. The van der Waals surface area contributed by atoms with Gasteiger partial charge in [0, 0.05) is 35.0 Å². The fourth-order valence-corrected chi connectivity index (χ4v) is 5.11. The Labute approximate surface area is 226 Å². The summed E-state index contributed by atoms with van der Waals surface area (Å²) in [5.41, 5.74) is 3.30. The van der Waals surface area contributed by atoms with Crippen molar-refractivity contribution in [3.8, 4) is 11.3 Å². The number of carbonyl (C=O) groups is 3. The first-order chi connectivity index (χ1) is 17.8. The zero-order chi connectivity index (χ0) is 26.4. The van der Waals surface area contributed by atoms with E-state index in [0.717, 1.165) is 5.69 Å². The van der Waals surface area contributed by atoms with Crippen molar-refractivity contribution in [1.29, 1.82) is 0 Å². The smallest absolute Gasteiger partial charge is 0.263 e. The van der Waals surface area contributed by atoms with Crippen molar-refractivity contribution in [3.63, 3.8) is 0 Å². The second-order valence-corrected chi connectivity index (χ2v) is 10.1. The van der Waals surface area contributed by atoms with Crippen molar-refractivity contribution >= 4 is 68.9 Å². The van der Waals surface area contributed by atoms with Gasteiger partial charge in [0.25, 0.3) is 5.91 Å². The molecule has 0 saturated heterocycles. The predicted octanol–water partition coefficient (Wildman–Crippen LogP) is 5.84. The second-order valence-electron chi connectivity index (χ2n) is 7.84. The fourth-order valence-electron chi connectivity index (χ4n) is 3.35. The maximum atomic E-state index is 13.0. The highest BCUT2D eigenvalue weighted by molar-refractivity contribution is 7.99. The Kier molecular flexibility index (Phi) is 8.59. The maximum Gasteiger partial charge on any atom is 0.263 e. The van der Waals surface area contributed by atoms with Gasteiger partial charge in [-0.3, -0.25) is 19.7 Å². The fraction of sp³-hybridized carbons (Fsp3) is 0.160. The zero-order valence-corrected chi connectivity index (χ0v) is 22.2. The lowest BCUT2D eigenvalue weighted by molar-refractivity contribution is -0.114. The molecule has 0 unspecified atom stereocenters. The number of carbonyl (C=O) groups excluding carboxylic acids is 3. The molecule has 2 aromatic carbocycles. The molecule has 3 N–H and O–H groups in total. The number of rotatable bonds is 9. The summed E-state index contributed by atoms with van der Waals surface area (Å²) in [6.07, 6.45) is 0. The van der Waals surface area contributed by atoms with Crippen LogP contribution in [0.3, 0.4) is 0 Å². The van der Waals surface area contributed by atoms with Gasteiger partial charge in [-0.25, -0.2) is 4.98 Å². The lowest BCUT2D eigenvalue weighted by Gasteiger charge is -2.06. The number of halogens is 1. The van der Waals surface area contributed by atoms with E-state index in [9.17, 15) is 14.4 Å². The van der Waals surface area contributed by atoms with E-state index in [1.54, 1.807) is 49.4 Å². The van der Waals surface area contributed by atoms with Crippen molar-refractivity contribution in [3.05, 3.63) is 76.0 Å². The molecule has 0 saturated carbocycles. The standard InChI is InChI=1S/C25H22ClN5O4S2/c1-14-22(23(31-35-14)19-5-3-4-6-20(19)26)24(34)30-25-29-18(12-37-25)11-36-13-21(33)28-17-9-7-16(8-10-17)27-15(2)32/h3-10,12H,11,13H2,1-2H3,(H,27,32)(H,28,33)(H,29,30,34). The average molecular weight is 556 g/mol. The molecule has 2 heterocycles. The number of aryl methyl sites for hydroxylation is 1. The lowest BCUT2D eigenvalue weighted by Crippen LogP contribution is -2.14. The van der Waals surface area contributed by atoms with Gasteiger partial charge < -0.3 is 15.2 Å². The number of nitrogens with one attached hydrogen (secondary N) is 3. The zero-order valence-electron chi connectivity index (χ0n) is 19.8. The minimum Gasteiger partial charge on any atom is -0.360 e. The van der Waals surface area contributed by atoms with Crippen LogP contribution in [0.15, 0.2) is 58.4 Å². The van der Waals surface area contributed by atoms with Gasteiger partial charge in [0.1, 0.15) is 17.0 Å². The van der Waals surface area contributed by atoms with Crippen molar-refractivity contribution in [2.75, 3.05) is 21.7 Å². The van der Waals surface area contributed by atoms with Crippen LogP contribution in [-0.2, 0) is 15.3 Å². The van der Waals surface area contributed by atoms with Gasteiger partial charge in [-0.15, -0.1) is 23.1 Å². The first-order valence-corrected chi connectivity index (χ1v) is 13.4. The molecule has 0 aliphatic carbocycles. The predicted molar refractivity (Wildman–Crippen MR) is 147 cm³/mol. The maximum absolute atomic E-state index is 13.0. The molecular weight excluding hydrogens is 534 g/mol. The molecule has 0 radical (unpaired) electrons. The summed E-state index contributed by atoms with van der Waals surface area (Å²) in [5.74, 6) is 0.387. The molecule has 0 fully saturated rings. The molecule has 4 rings (SSSR count). The third-order valence-electron chi connectivity index (χ3n) is 4.96. The van der Waals surface area contributed by atoms with Crippen molar-refractivity contribution < 1.29 is 18.9 Å². The van der Waals surface area contributed by atoms with Gasteiger partial charge in [0.15, 0.2) is 5.13 Å². The van der Waals surface area contributed by atoms with Crippen LogP contribution in [0.25, 0.3) is 11.3 Å². The van der Waals surface area contributed by atoms with Gasteiger partial charge >= 0.3 is 0 Å². The third-order valence-corrected chi connectivity index (χ3v) is 7.07. The summed E-state index contributed by atoms with van der Waals surface area (Å²) in [4.78, 5) is 40.8. The number of nitrogens with zero attached hydrogens (tertiary/aromatic N) is 2. The van der Waals surface area contributed by atoms with Crippen LogP contribution < -0.4 is 16.0 Å². The second kappa shape index (κ2) is 12.0. The molecule has 2 aromatic heterocycles. The number of thiazole rings is 1. The first-order valence-electron chi connectivity index (χ1n) is 11.0. The molecule has 37 heavy (non-hydrogen) atoms. The van der Waals surface area contributed by atoms with Crippen LogP contribution in [0.4, 0.5) is 16.5 Å². The van der Waals surface area contributed by atoms with E-state index in [4.69, 9.17) is 16.1 Å². The molecule has 0 aliphatic heterocycles. The third kappa shape index (κ3) is 6.97. The Balaban J connectivity index is 1.29. The van der Waals surface area contributed by atoms with Crippen molar-refractivity contribution in [1.82, 2.24) is 10.1 Å². The number of aromatic nitrogens is 2. The number of benzene rings is 2. The summed E-state index contributed by atoms with van der Waals surface area (Å²) >= 11 is 8.97. The molecule has 0 spiro atoms. The van der Waals surface area contributed by atoms with Gasteiger partial charge in [-0.05, 0) is 37.3 Å². The molecule has 0 bridgehead atoms. The number of hydrogen-bond acceptors (Lipinski definition) is 8. The van der Waals surface area contributed by atoms with Gasteiger partial charge in [-0.1, -0.05) is 35.0 Å². The van der Waals surface area contributed by atoms with E-state index < -0.39 is 5.91 Å². The van der Waals surface area contributed by atoms with Crippen LogP contribution >= 0.6 is 34.7 Å². The summed E-state index contributed by atoms with van der Waals surface area (Å²) in [7, 11) is 0. The largest absolute Gasteiger partial charge is 0.360 e. The molecule has 9 nitrogen and oxygen atoms in total. The Morgan fingerprint density at radius 2 is 1.73 bits per heavy atom. The SMILES string of the molecule is CC(=O)Nc1ccc(NC(=O)CSCc2csc(NC(=O)c3c(-c4ccccc4Cl)noc3C)n2)cc1. The first kappa shape index (κ1) is 26.4. The van der Waals surface area contributed by atoms with Crippen molar-refractivity contribution in [2.24, 2.45) is 0 Å². The van der Waals surface area contributed by atoms with Gasteiger partial charge in [-0.2, -0.15) is 0 Å². The van der Waals surface area contributed by atoms with Crippen LogP contribution in [0.2, 0.25) is 5.02 Å². The minimum absolute atomic E-state index is 0.156. The van der Waals surface area contributed by atoms with Crippen LogP contribution in [-0.4, -0.2) is 33.6 Å². The highest BCUT2D eigenvalue weighted by atomic mass is 35.5. The minimum atomic E-state index is -0.397. The highest BCUT2D eigenvalue weighted by Gasteiger charge is 2.23. The van der Waals surface area contributed by atoms with E-state index in [1.165, 1.54) is 30.0 Å². The molecule has 0 aliphatic rings. The van der Waals surface area contributed by atoms with E-state index in [0.29, 0.717) is 49.9 Å². The Morgan fingerprint density at radius 1 is 1.03 bits per heavy atom. The summed E-state index contributed by atoms with van der Waals surface area (Å²) < 4.78 is 5.26. The van der Waals surface area contributed by atoms with E-state index >= 15 is 0 Å². The molecular formula is C25H22ClN5O4S2. The van der Waals surface area contributed by atoms with Gasteiger partial charge in [0.05, 0.1) is 16.5 Å². The topological polar surface area (TPSA) is 126 Å². The van der Waals surface area contributed by atoms with Crippen LogP contribution in [0.5, 0.6) is 0 Å². The van der Waals surface area contributed by atoms with E-state index in [2.05, 4.69) is 26.1 Å². The monoisotopic (exact) mass is 555 g/mol. The van der Waals surface area contributed by atoms with Crippen LogP contribution in [0, 0.1) is 6.92 Å². The molecule has 190 valence electrons. The van der Waals surface area contributed by atoms with Crippen molar-refractivity contribution in [2.45, 2.75) is 19.6 Å². The summed E-state index contributed by atoms with van der Waals surface area (Å²) in [5, 5.41) is 15.0. The Bertz CT molecular complexity index is 1440. The summed E-state index contributed by atoms with van der Waals surface area (Å²) in [6.45, 7) is 3.09. The molecule has 12 heteroatoms. The number of amides is 3. The number of anilines is 3. The normalized spacial score (nSPS) is 10.7. The van der Waals surface area contributed by atoms with E-state index in [-0.39, 0.29) is 17.6 Å². The number of hydrogen-bond donors (Lipinski definition) is 3. The molecule has 0 atom stereocenters. The Hall–Kier alpha value is -3.67. The highest BCUT2D eigenvalue weighted by Crippen LogP contribution is 2.32. The van der Waals surface area contributed by atoms with Crippen LogP contribution in [0.1, 0.15) is 28.7 Å². The Morgan fingerprint density at radius 3 is 2.43 bits per heavy atom.